The molecule has 0 saturated carbocycles. The van der Waals surface area contributed by atoms with Gasteiger partial charge in [0.15, 0.2) is 5.69 Å². The molecular formula is C19H25ClN4O. The van der Waals surface area contributed by atoms with Gasteiger partial charge in [-0.15, -0.1) is 0 Å². The van der Waals surface area contributed by atoms with Crippen LogP contribution in [0.15, 0.2) is 24.3 Å². The fourth-order valence-corrected chi connectivity index (χ4v) is 3.43. The van der Waals surface area contributed by atoms with E-state index in [1.807, 2.05) is 36.0 Å². The molecule has 1 aromatic heterocycles. The molecule has 5 nitrogen and oxygen atoms in total. The van der Waals surface area contributed by atoms with Crippen LogP contribution < -0.4 is 10.6 Å². The molecule has 6 heteroatoms. The minimum absolute atomic E-state index is 0.0676. The smallest absolute Gasteiger partial charge is 0.272 e. The van der Waals surface area contributed by atoms with Gasteiger partial charge in [0, 0.05) is 22.8 Å². The lowest BCUT2D eigenvalue weighted by molar-refractivity contribution is 0.0947. The summed E-state index contributed by atoms with van der Waals surface area (Å²) in [6.45, 7) is 1.54. The average Bonchev–Trinajstić information content (AvgIpc) is 2.81. The van der Waals surface area contributed by atoms with E-state index in [0.29, 0.717) is 17.3 Å². The number of benzene rings is 1. The highest BCUT2D eigenvalue weighted by Gasteiger charge is 2.24. The second-order valence-electron chi connectivity index (χ2n) is 6.44. The number of carbonyl (C=O) groups is 1. The van der Waals surface area contributed by atoms with E-state index in [9.17, 15) is 4.79 Å². The maximum absolute atomic E-state index is 12.7. The van der Waals surface area contributed by atoms with Crippen LogP contribution in [0.1, 0.15) is 47.4 Å². The van der Waals surface area contributed by atoms with Crippen molar-refractivity contribution in [3.8, 4) is 5.69 Å². The Labute approximate surface area is 153 Å². The summed E-state index contributed by atoms with van der Waals surface area (Å²) in [5, 5.41) is 11.5. The van der Waals surface area contributed by atoms with Gasteiger partial charge in [-0.05, 0) is 70.0 Å². The minimum atomic E-state index is -0.0676. The molecule has 0 saturated heterocycles. The van der Waals surface area contributed by atoms with E-state index in [4.69, 9.17) is 11.6 Å². The van der Waals surface area contributed by atoms with Crippen LogP contribution in [-0.2, 0) is 12.8 Å². The van der Waals surface area contributed by atoms with E-state index >= 15 is 0 Å². The van der Waals surface area contributed by atoms with Gasteiger partial charge in [0.1, 0.15) is 0 Å². The number of halogens is 1. The molecule has 0 atom stereocenters. The van der Waals surface area contributed by atoms with Gasteiger partial charge in [-0.1, -0.05) is 18.0 Å². The summed E-state index contributed by atoms with van der Waals surface area (Å²) in [6.07, 6.45) is 6.22. The maximum atomic E-state index is 12.7. The van der Waals surface area contributed by atoms with Crippen LogP contribution in [0.5, 0.6) is 0 Å². The Morgan fingerprint density at radius 2 is 1.92 bits per heavy atom. The Balaban J connectivity index is 1.90. The molecular weight excluding hydrogens is 336 g/mol. The molecule has 1 aliphatic carbocycles. The van der Waals surface area contributed by atoms with E-state index in [2.05, 4.69) is 15.7 Å². The molecule has 134 valence electrons. The number of aromatic nitrogens is 2. The van der Waals surface area contributed by atoms with E-state index in [0.717, 1.165) is 49.9 Å². The second kappa shape index (κ2) is 8.50. The fraction of sp³-hybridized carbons (Fsp3) is 0.474. The molecule has 0 aliphatic heterocycles. The van der Waals surface area contributed by atoms with Crippen molar-refractivity contribution in [2.24, 2.45) is 0 Å². The first kappa shape index (κ1) is 18.0. The van der Waals surface area contributed by atoms with Gasteiger partial charge in [-0.2, -0.15) is 5.10 Å². The first-order valence-corrected chi connectivity index (χ1v) is 9.38. The normalized spacial score (nSPS) is 14.0. The van der Waals surface area contributed by atoms with Crippen LogP contribution >= 0.6 is 11.6 Å². The average molecular weight is 361 g/mol. The van der Waals surface area contributed by atoms with Crippen LogP contribution in [0.4, 0.5) is 0 Å². The Morgan fingerprint density at radius 3 is 2.68 bits per heavy atom. The summed E-state index contributed by atoms with van der Waals surface area (Å²) in [5.74, 6) is -0.0676. The highest BCUT2D eigenvalue weighted by Crippen LogP contribution is 2.27. The summed E-state index contributed by atoms with van der Waals surface area (Å²) >= 11 is 6.01. The van der Waals surface area contributed by atoms with E-state index in [-0.39, 0.29) is 5.91 Å². The standard InChI is InChI=1S/C19H25ClN4O/c1-21-12-5-13-22-19(25)18-16-6-3-2-4-7-17(16)24(23-18)15-10-8-14(20)9-11-15/h8-11,21H,2-7,12-13H2,1H3,(H,22,25). The van der Waals surface area contributed by atoms with Crippen molar-refractivity contribution >= 4 is 17.5 Å². The summed E-state index contributed by atoms with van der Waals surface area (Å²) in [4.78, 5) is 12.7. The van der Waals surface area contributed by atoms with Crippen molar-refractivity contribution < 1.29 is 4.79 Å². The van der Waals surface area contributed by atoms with E-state index in [1.165, 1.54) is 12.1 Å². The van der Waals surface area contributed by atoms with E-state index in [1.54, 1.807) is 0 Å². The molecule has 1 aromatic carbocycles. The number of nitrogens with one attached hydrogen (secondary N) is 2. The highest BCUT2D eigenvalue weighted by molar-refractivity contribution is 6.30. The van der Waals surface area contributed by atoms with Crippen molar-refractivity contribution in [1.82, 2.24) is 20.4 Å². The van der Waals surface area contributed by atoms with Crippen LogP contribution in [-0.4, -0.2) is 35.8 Å². The third-order valence-electron chi connectivity index (χ3n) is 4.61. The van der Waals surface area contributed by atoms with Crippen molar-refractivity contribution in [2.45, 2.75) is 38.5 Å². The summed E-state index contributed by atoms with van der Waals surface area (Å²) in [6, 6.07) is 7.63. The zero-order valence-electron chi connectivity index (χ0n) is 14.6. The van der Waals surface area contributed by atoms with Gasteiger partial charge in [0.25, 0.3) is 5.91 Å². The highest BCUT2D eigenvalue weighted by atomic mass is 35.5. The quantitative estimate of drug-likeness (QED) is 0.614. The fourth-order valence-electron chi connectivity index (χ4n) is 3.30. The zero-order chi connectivity index (χ0) is 17.6. The largest absolute Gasteiger partial charge is 0.351 e. The molecule has 0 unspecified atom stereocenters. The van der Waals surface area contributed by atoms with Crippen molar-refractivity contribution in [3.05, 3.63) is 46.2 Å². The number of fused-ring (bicyclic) bond motifs is 1. The number of amides is 1. The number of nitrogens with zero attached hydrogens (tertiary/aromatic N) is 2. The summed E-state index contributed by atoms with van der Waals surface area (Å²) < 4.78 is 1.93. The molecule has 3 rings (SSSR count). The molecule has 0 radical (unpaired) electrons. The SMILES string of the molecule is CNCCCNC(=O)c1nn(-c2ccc(Cl)cc2)c2c1CCCCC2. The number of carbonyl (C=O) groups excluding carboxylic acids is 1. The van der Waals surface area contributed by atoms with Gasteiger partial charge < -0.3 is 10.6 Å². The zero-order valence-corrected chi connectivity index (χ0v) is 15.4. The van der Waals surface area contributed by atoms with Crippen LogP contribution in [0.25, 0.3) is 5.69 Å². The van der Waals surface area contributed by atoms with Crippen LogP contribution in [0.2, 0.25) is 5.02 Å². The first-order valence-electron chi connectivity index (χ1n) is 9.00. The molecule has 2 aromatic rings. The van der Waals surface area contributed by atoms with Gasteiger partial charge in [0.05, 0.1) is 5.69 Å². The molecule has 25 heavy (non-hydrogen) atoms. The predicted molar refractivity (Wildman–Crippen MR) is 101 cm³/mol. The third-order valence-corrected chi connectivity index (χ3v) is 4.86. The van der Waals surface area contributed by atoms with Gasteiger partial charge >= 0.3 is 0 Å². The molecule has 1 heterocycles. The molecule has 2 N–H and O–H groups in total. The van der Waals surface area contributed by atoms with E-state index < -0.39 is 0 Å². The molecule has 0 bridgehead atoms. The lowest BCUT2D eigenvalue weighted by atomic mass is 10.1. The molecule has 0 spiro atoms. The Morgan fingerprint density at radius 1 is 1.16 bits per heavy atom. The number of hydrogen-bond acceptors (Lipinski definition) is 3. The maximum Gasteiger partial charge on any atom is 0.272 e. The first-order chi connectivity index (χ1) is 12.2. The van der Waals surface area contributed by atoms with Crippen molar-refractivity contribution in [3.63, 3.8) is 0 Å². The van der Waals surface area contributed by atoms with Gasteiger partial charge in [0.2, 0.25) is 0 Å². The Hall–Kier alpha value is -1.85. The third kappa shape index (κ3) is 4.22. The number of rotatable bonds is 6. The summed E-state index contributed by atoms with van der Waals surface area (Å²) in [7, 11) is 1.91. The molecule has 1 aliphatic rings. The predicted octanol–water partition coefficient (Wildman–Crippen LogP) is 3.13. The number of hydrogen-bond donors (Lipinski definition) is 2. The van der Waals surface area contributed by atoms with Crippen LogP contribution in [0, 0.1) is 0 Å². The van der Waals surface area contributed by atoms with Crippen molar-refractivity contribution in [2.75, 3.05) is 20.1 Å². The van der Waals surface area contributed by atoms with Gasteiger partial charge in [-0.3, -0.25) is 4.79 Å². The van der Waals surface area contributed by atoms with Crippen molar-refractivity contribution in [1.29, 1.82) is 0 Å². The molecule has 1 amide bonds. The van der Waals surface area contributed by atoms with Crippen LogP contribution in [0.3, 0.4) is 0 Å². The minimum Gasteiger partial charge on any atom is -0.351 e. The Kier molecular flexibility index (Phi) is 6.10. The molecule has 0 fully saturated rings. The topological polar surface area (TPSA) is 58.9 Å². The second-order valence-corrected chi connectivity index (χ2v) is 6.87. The lowest BCUT2D eigenvalue weighted by Gasteiger charge is -2.07. The lowest BCUT2D eigenvalue weighted by Crippen LogP contribution is -2.27. The summed E-state index contributed by atoms with van der Waals surface area (Å²) in [5.41, 5.74) is 3.81. The van der Waals surface area contributed by atoms with Gasteiger partial charge in [-0.25, -0.2) is 4.68 Å². The monoisotopic (exact) mass is 360 g/mol. The Bertz CT molecular complexity index is 724.